The Labute approximate surface area is 130 Å². The van der Waals surface area contributed by atoms with Crippen LogP contribution in [0.3, 0.4) is 0 Å². The third-order valence-corrected chi connectivity index (χ3v) is 3.84. The van der Waals surface area contributed by atoms with Gasteiger partial charge < -0.3 is 5.32 Å². The molecule has 0 aliphatic carbocycles. The molecule has 1 aromatic carbocycles. The summed E-state index contributed by atoms with van der Waals surface area (Å²) in [5, 5.41) is 5.61. The molecule has 6 heteroatoms. The lowest BCUT2D eigenvalue weighted by molar-refractivity contribution is 0.0175. The molecule has 0 aliphatic heterocycles. The van der Waals surface area contributed by atoms with Gasteiger partial charge in [-0.15, -0.1) is 11.3 Å². The Hall–Kier alpha value is -2.34. The molecule has 0 bridgehead atoms. The average Bonchev–Trinajstić information content (AvgIpc) is 2.96. The first-order valence-electron chi connectivity index (χ1n) is 6.64. The first-order valence-corrected chi connectivity index (χ1v) is 7.52. The van der Waals surface area contributed by atoms with Crippen LogP contribution in [-0.4, -0.2) is 9.97 Å². The standard InChI is InChI=1S/C16H13F2N3S/c1-16(17,18)12-5-2-6-13(8-12)20-15-21-14(10-22-15)11-4-3-7-19-9-11/h2-10H,1H3,(H,20,21). The Balaban J connectivity index is 1.81. The van der Waals surface area contributed by atoms with Gasteiger partial charge >= 0.3 is 0 Å². The highest BCUT2D eigenvalue weighted by Gasteiger charge is 2.24. The SMILES string of the molecule is CC(F)(F)c1cccc(Nc2nc(-c3cccnc3)cs2)c1. The zero-order valence-electron chi connectivity index (χ0n) is 11.8. The van der Waals surface area contributed by atoms with Crippen molar-refractivity contribution in [3.63, 3.8) is 0 Å². The molecule has 0 spiro atoms. The van der Waals surface area contributed by atoms with Crippen LogP contribution in [0.25, 0.3) is 11.3 Å². The molecule has 0 saturated carbocycles. The van der Waals surface area contributed by atoms with Crippen LogP contribution in [0.15, 0.2) is 54.2 Å². The highest BCUT2D eigenvalue weighted by molar-refractivity contribution is 7.14. The molecule has 112 valence electrons. The molecule has 2 heterocycles. The van der Waals surface area contributed by atoms with Crippen LogP contribution in [0, 0.1) is 0 Å². The van der Waals surface area contributed by atoms with Crippen LogP contribution in [0.5, 0.6) is 0 Å². The number of pyridine rings is 1. The summed E-state index contributed by atoms with van der Waals surface area (Å²) in [6.45, 7) is 0.885. The minimum Gasteiger partial charge on any atom is -0.332 e. The van der Waals surface area contributed by atoms with Gasteiger partial charge in [0.05, 0.1) is 5.69 Å². The van der Waals surface area contributed by atoms with Crippen LogP contribution in [0.1, 0.15) is 12.5 Å². The second kappa shape index (κ2) is 5.81. The van der Waals surface area contributed by atoms with E-state index in [1.807, 2.05) is 17.5 Å². The Morgan fingerprint density at radius 1 is 1.18 bits per heavy atom. The van der Waals surface area contributed by atoms with Crippen molar-refractivity contribution >= 4 is 22.2 Å². The number of aromatic nitrogens is 2. The Morgan fingerprint density at radius 3 is 2.77 bits per heavy atom. The summed E-state index contributed by atoms with van der Waals surface area (Å²) < 4.78 is 26.7. The van der Waals surface area contributed by atoms with E-state index in [1.54, 1.807) is 24.5 Å². The number of hydrogen-bond acceptors (Lipinski definition) is 4. The maximum atomic E-state index is 13.4. The molecule has 3 rings (SSSR count). The van der Waals surface area contributed by atoms with Crippen LogP contribution in [-0.2, 0) is 5.92 Å². The predicted molar refractivity (Wildman–Crippen MR) is 84.6 cm³/mol. The molecular formula is C16H13F2N3S. The minimum atomic E-state index is -2.86. The molecule has 1 N–H and O–H groups in total. The number of hydrogen-bond donors (Lipinski definition) is 1. The van der Waals surface area contributed by atoms with Gasteiger partial charge in [-0.3, -0.25) is 4.98 Å². The maximum absolute atomic E-state index is 13.4. The van der Waals surface area contributed by atoms with Crippen LogP contribution >= 0.6 is 11.3 Å². The number of thiazole rings is 1. The van der Waals surface area contributed by atoms with Gasteiger partial charge in [-0.25, -0.2) is 13.8 Å². The van der Waals surface area contributed by atoms with E-state index >= 15 is 0 Å². The lowest BCUT2D eigenvalue weighted by Crippen LogP contribution is -2.07. The topological polar surface area (TPSA) is 37.8 Å². The summed E-state index contributed by atoms with van der Waals surface area (Å²) in [4.78, 5) is 8.50. The van der Waals surface area contributed by atoms with E-state index in [0.29, 0.717) is 10.8 Å². The number of rotatable bonds is 4. The summed E-state index contributed by atoms with van der Waals surface area (Å²) in [6, 6.07) is 9.95. The molecular weight excluding hydrogens is 304 g/mol. The largest absolute Gasteiger partial charge is 0.332 e. The van der Waals surface area contributed by atoms with Crippen LogP contribution in [0.4, 0.5) is 19.6 Å². The van der Waals surface area contributed by atoms with Gasteiger partial charge in [-0.05, 0) is 24.3 Å². The van der Waals surface area contributed by atoms with Crippen molar-refractivity contribution in [2.24, 2.45) is 0 Å². The molecule has 0 radical (unpaired) electrons. The Morgan fingerprint density at radius 2 is 2.05 bits per heavy atom. The fourth-order valence-corrected chi connectivity index (χ4v) is 2.71. The number of anilines is 2. The fraction of sp³-hybridized carbons (Fsp3) is 0.125. The predicted octanol–water partition coefficient (Wildman–Crippen LogP) is 5.06. The van der Waals surface area contributed by atoms with Crippen molar-refractivity contribution in [1.82, 2.24) is 9.97 Å². The van der Waals surface area contributed by atoms with E-state index in [0.717, 1.165) is 18.2 Å². The highest BCUT2D eigenvalue weighted by atomic mass is 32.1. The number of benzene rings is 1. The van der Waals surface area contributed by atoms with Gasteiger partial charge in [-0.1, -0.05) is 12.1 Å². The van der Waals surface area contributed by atoms with Crippen LogP contribution < -0.4 is 5.32 Å². The molecule has 2 aromatic heterocycles. The smallest absolute Gasteiger partial charge is 0.270 e. The minimum absolute atomic E-state index is 0.0264. The van der Waals surface area contributed by atoms with Crippen molar-refractivity contribution < 1.29 is 8.78 Å². The zero-order chi connectivity index (χ0) is 15.6. The molecule has 0 saturated heterocycles. The number of alkyl halides is 2. The van der Waals surface area contributed by atoms with E-state index in [2.05, 4.69) is 15.3 Å². The van der Waals surface area contributed by atoms with Gasteiger partial charge in [0.2, 0.25) is 0 Å². The maximum Gasteiger partial charge on any atom is 0.270 e. The number of nitrogens with zero attached hydrogens (tertiary/aromatic N) is 2. The molecule has 3 nitrogen and oxygen atoms in total. The highest BCUT2D eigenvalue weighted by Crippen LogP contribution is 2.31. The number of nitrogens with one attached hydrogen (secondary N) is 1. The van der Waals surface area contributed by atoms with Crippen molar-refractivity contribution in [2.75, 3.05) is 5.32 Å². The van der Waals surface area contributed by atoms with Crippen molar-refractivity contribution in [3.05, 3.63) is 59.7 Å². The summed E-state index contributed by atoms with van der Waals surface area (Å²) >= 11 is 1.42. The summed E-state index contributed by atoms with van der Waals surface area (Å²) in [7, 11) is 0. The first-order chi connectivity index (χ1) is 10.5. The van der Waals surface area contributed by atoms with Crippen LogP contribution in [0.2, 0.25) is 0 Å². The van der Waals surface area contributed by atoms with E-state index in [9.17, 15) is 8.78 Å². The molecule has 22 heavy (non-hydrogen) atoms. The quantitative estimate of drug-likeness (QED) is 0.731. The number of halogens is 2. The van der Waals surface area contributed by atoms with Gasteiger partial charge in [0.25, 0.3) is 5.92 Å². The van der Waals surface area contributed by atoms with E-state index in [-0.39, 0.29) is 5.56 Å². The van der Waals surface area contributed by atoms with Gasteiger partial charge in [0.1, 0.15) is 0 Å². The summed E-state index contributed by atoms with van der Waals surface area (Å²) in [6.07, 6.45) is 3.43. The van der Waals surface area contributed by atoms with Crippen molar-refractivity contribution in [3.8, 4) is 11.3 Å². The van der Waals surface area contributed by atoms with Gasteiger partial charge in [-0.2, -0.15) is 0 Å². The molecule has 0 aliphatic rings. The zero-order valence-corrected chi connectivity index (χ0v) is 12.6. The fourth-order valence-electron chi connectivity index (χ4n) is 1.97. The third-order valence-electron chi connectivity index (χ3n) is 3.08. The Bertz CT molecular complexity index is 766. The molecule has 0 fully saturated rings. The third kappa shape index (κ3) is 3.28. The Kier molecular flexibility index (Phi) is 3.85. The summed E-state index contributed by atoms with van der Waals surface area (Å²) in [5.74, 6) is -2.86. The van der Waals surface area contributed by atoms with E-state index < -0.39 is 5.92 Å². The average molecular weight is 317 g/mol. The molecule has 0 amide bonds. The normalized spacial score (nSPS) is 11.4. The lowest BCUT2D eigenvalue weighted by atomic mass is 10.1. The first kappa shape index (κ1) is 14.6. The summed E-state index contributed by atoms with van der Waals surface area (Å²) in [5.41, 5.74) is 2.28. The van der Waals surface area contributed by atoms with Crippen molar-refractivity contribution in [1.29, 1.82) is 0 Å². The van der Waals surface area contributed by atoms with Gasteiger partial charge in [0, 0.05) is 41.5 Å². The van der Waals surface area contributed by atoms with Gasteiger partial charge in [0.15, 0.2) is 5.13 Å². The lowest BCUT2D eigenvalue weighted by Gasteiger charge is -2.12. The van der Waals surface area contributed by atoms with E-state index in [1.165, 1.54) is 23.5 Å². The molecule has 0 unspecified atom stereocenters. The van der Waals surface area contributed by atoms with Crippen molar-refractivity contribution in [2.45, 2.75) is 12.8 Å². The monoisotopic (exact) mass is 317 g/mol. The van der Waals surface area contributed by atoms with E-state index in [4.69, 9.17) is 0 Å². The second-order valence-corrected chi connectivity index (χ2v) is 5.73. The molecule has 0 atom stereocenters. The molecule has 3 aromatic rings. The second-order valence-electron chi connectivity index (χ2n) is 4.87.